The van der Waals surface area contributed by atoms with Gasteiger partial charge in [0.15, 0.2) is 0 Å². The molecule has 0 atom stereocenters. The van der Waals surface area contributed by atoms with E-state index in [4.69, 9.17) is 0 Å². The van der Waals surface area contributed by atoms with E-state index in [1.165, 1.54) is 19.2 Å². The molecule has 0 aliphatic heterocycles. The highest BCUT2D eigenvalue weighted by molar-refractivity contribution is 5.91. The Hall–Kier alpha value is -1.65. The molecule has 5 nitrogen and oxygen atoms in total. The molecule has 94 valence electrons. The van der Waals surface area contributed by atoms with Gasteiger partial charge in [0.1, 0.15) is 5.69 Å². The third kappa shape index (κ3) is 4.38. The van der Waals surface area contributed by atoms with Gasteiger partial charge in [0.2, 0.25) is 0 Å². The normalized spacial score (nSPS) is 10.6. The van der Waals surface area contributed by atoms with Crippen molar-refractivity contribution in [1.82, 2.24) is 15.1 Å². The average Bonchev–Trinajstić information content (AvgIpc) is 2.27. The SMILES string of the molecule is CC(C)CCCNC(=O)c1ccc(=O)n(C)n1. The van der Waals surface area contributed by atoms with E-state index in [1.54, 1.807) is 0 Å². The maximum absolute atomic E-state index is 11.7. The number of nitrogens with zero attached hydrogens (tertiary/aromatic N) is 2. The molecule has 0 bridgehead atoms. The maximum atomic E-state index is 11.7. The number of amides is 1. The summed E-state index contributed by atoms with van der Waals surface area (Å²) in [6.45, 7) is 4.94. The summed E-state index contributed by atoms with van der Waals surface area (Å²) in [5.74, 6) is 0.409. The predicted octanol–water partition coefficient (Wildman–Crippen LogP) is 0.946. The molecule has 1 aromatic heterocycles. The molecule has 0 spiro atoms. The Bertz CT molecular complexity index is 438. The van der Waals surface area contributed by atoms with Crippen molar-refractivity contribution in [2.24, 2.45) is 13.0 Å². The highest BCUT2D eigenvalue weighted by Crippen LogP contribution is 2.01. The lowest BCUT2D eigenvalue weighted by Crippen LogP contribution is -2.29. The fourth-order valence-electron chi connectivity index (χ4n) is 1.43. The molecule has 0 aromatic carbocycles. The molecule has 0 saturated carbocycles. The van der Waals surface area contributed by atoms with Gasteiger partial charge in [-0.1, -0.05) is 13.8 Å². The summed E-state index contributed by atoms with van der Waals surface area (Å²) in [7, 11) is 1.53. The first-order chi connectivity index (χ1) is 8.00. The fourth-order valence-corrected chi connectivity index (χ4v) is 1.43. The Morgan fingerprint density at radius 2 is 2.18 bits per heavy atom. The molecule has 1 aromatic rings. The van der Waals surface area contributed by atoms with Crippen LogP contribution < -0.4 is 10.9 Å². The number of hydrogen-bond donors (Lipinski definition) is 1. The molecule has 1 N–H and O–H groups in total. The van der Waals surface area contributed by atoms with Crippen LogP contribution in [0.1, 0.15) is 37.2 Å². The summed E-state index contributed by atoms with van der Waals surface area (Å²) in [5.41, 5.74) is 0.0537. The molecule has 0 radical (unpaired) electrons. The summed E-state index contributed by atoms with van der Waals surface area (Å²) in [6, 6.07) is 2.79. The van der Waals surface area contributed by atoms with Crippen LogP contribution in [-0.2, 0) is 7.05 Å². The number of rotatable bonds is 5. The van der Waals surface area contributed by atoms with Crippen LogP contribution in [0.5, 0.6) is 0 Å². The number of carbonyl (C=O) groups excluding carboxylic acids is 1. The minimum absolute atomic E-state index is 0.221. The number of hydrogen-bond acceptors (Lipinski definition) is 3. The largest absolute Gasteiger partial charge is 0.351 e. The van der Waals surface area contributed by atoms with Crippen LogP contribution in [-0.4, -0.2) is 22.2 Å². The van der Waals surface area contributed by atoms with Crippen molar-refractivity contribution in [1.29, 1.82) is 0 Å². The van der Waals surface area contributed by atoms with E-state index in [-0.39, 0.29) is 17.2 Å². The number of carbonyl (C=O) groups is 1. The minimum Gasteiger partial charge on any atom is -0.351 e. The van der Waals surface area contributed by atoms with E-state index in [0.29, 0.717) is 12.5 Å². The van der Waals surface area contributed by atoms with Crippen LogP contribution in [0.15, 0.2) is 16.9 Å². The molecule has 1 rings (SSSR count). The molecular weight excluding hydrogens is 218 g/mol. The van der Waals surface area contributed by atoms with Gasteiger partial charge in [-0.15, -0.1) is 0 Å². The van der Waals surface area contributed by atoms with E-state index < -0.39 is 0 Å². The summed E-state index contributed by atoms with van der Waals surface area (Å²) < 4.78 is 1.16. The van der Waals surface area contributed by atoms with Crippen molar-refractivity contribution < 1.29 is 4.79 Å². The van der Waals surface area contributed by atoms with Crippen molar-refractivity contribution in [3.8, 4) is 0 Å². The molecule has 1 heterocycles. The number of aryl methyl sites for hydroxylation is 1. The van der Waals surface area contributed by atoms with Crippen LogP contribution in [0.2, 0.25) is 0 Å². The zero-order valence-corrected chi connectivity index (χ0v) is 10.6. The first-order valence-corrected chi connectivity index (χ1v) is 5.83. The Balaban J connectivity index is 2.47. The predicted molar refractivity (Wildman–Crippen MR) is 65.9 cm³/mol. The van der Waals surface area contributed by atoms with Crippen LogP contribution in [0.25, 0.3) is 0 Å². The molecule has 1 amide bonds. The van der Waals surface area contributed by atoms with Gasteiger partial charge in [-0.3, -0.25) is 9.59 Å². The molecule has 5 heteroatoms. The first-order valence-electron chi connectivity index (χ1n) is 5.83. The third-order valence-electron chi connectivity index (χ3n) is 2.44. The van der Waals surface area contributed by atoms with Gasteiger partial charge in [0.05, 0.1) is 0 Å². The summed E-state index contributed by atoms with van der Waals surface area (Å²) in [6.07, 6.45) is 2.04. The van der Waals surface area contributed by atoms with Gasteiger partial charge in [0, 0.05) is 19.7 Å². The molecule has 0 aliphatic rings. The maximum Gasteiger partial charge on any atom is 0.271 e. The zero-order chi connectivity index (χ0) is 12.8. The third-order valence-corrected chi connectivity index (χ3v) is 2.44. The Kier molecular flexibility index (Phi) is 4.87. The minimum atomic E-state index is -0.232. The lowest BCUT2D eigenvalue weighted by atomic mass is 10.1. The van der Waals surface area contributed by atoms with Gasteiger partial charge in [-0.2, -0.15) is 5.10 Å². The van der Waals surface area contributed by atoms with Gasteiger partial charge >= 0.3 is 0 Å². The Morgan fingerprint density at radius 1 is 1.47 bits per heavy atom. The molecule has 0 unspecified atom stereocenters. The molecule has 0 saturated heterocycles. The van der Waals surface area contributed by atoms with Crippen molar-refractivity contribution in [3.05, 3.63) is 28.2 Å². The zero-order valence-electron chi connectivity index (χ0n) is 10.6. The second-order valence-corrected chi connectivity index (χ2v) is 4.47. The summed E-state index contributed by atoms with van der Waals surface area (Å²) >= 11 is 0. The lowest BCUT2D eigenvalue weighted by Gasteiger charge is -2.06. The van der Waals surface area contributed by atoms with Gasteiger partial charge in [-0.05, 0) is 24.8 Å². The average molecular weight is 237 g/mol. The summed E-state index contributed by atoms with van der Waals surface area (Å²) in [4.78, 5) is 22.8. The van der Waals surface area contributed by atoms with Crippen molar-refractivity contribution in [3.63, 3.8) is 0 Å². The monoisotopic (exact) mass is 237 g/mol. The second kappa shape index (κ2) is 6.18. The first kappa shape index (κ1) is 13.4. The second-order valence-electron chi connectivity index (χ2n) is 4.47. The molecule has 0 fully saturated rings. The Morgan fingerprint density at radius 3 is 2.76 bits per heavy atom. The quantitative estimate of drug-likeness (QED) is 0.775. The molecular formula is C12H19N3O2. The number of aromatic nitrogens is 2. The van der Waals surface area contributed by atoms with E-state index in [1.807, 2.05) is 0 Å². The van der Waals surface area contributed by atoms with Crippen molar-refractivity contribution in [2.45, 2.75) is 26.7 Å². The molecule has 17 heavy (non-hydrogen) atoms. The van der Waals surface area contributed by atoms with E-state index in [9.17, 15) is 9.59 Å². The topological polar surface area (TPSA) is 64.0 Å². The standard InChI is InChI=1S/C12H19N3O2/c1-9(2)5-4-8-13-12(17)10-6-7-11(16)15(3)14-10/h6-7,9H,4-5,8H2,1-3H3,(H,13,17). The summed E-state index contributed by atoms with van der Waals surface area (Å²) in [5, 5.41) is 6.66. The lowest BCUT2D eigenvalue weighted by molar-refractivity contribution is 0.0945. The van der Waals surface area contributed by atoms with Gasteiger partial charge in [-0.25, -0.2) is 4.68 Å². The van der Waals surface area contributed by atoms with Crippen molar-refractivity contribution >= 4 is 5.91 Å². The van der Waals surface area contributed by atoms with Crippen LogP contribution in [0, 0.1) is 5.92 Å². The van der Waals surface area contributed by atoms with Crippen LogP contribution in [0.3, 0.4) is 0 Å². The van der Waals surface area contributed by atoms with Crippen LogP contribution >= 0.6 is 0 Å². The van der Waals surface area contributed by atoms with Crippen molar-refractivity contribution in [2.75, 3.05) is 6.54 Å². The smallest absolute Gasteiger partial charge is 0.271 e. The fraction of sp³-hybridized carbons (Fsp3) is 0.583. The van der Waals surface area contributed by atoms with Gasteiger partial charge < -0.3 is 5.32 Å². The highest BCUT2D eigenvalue weighted by Gasteiger charge is 2.07. The van der Waals surface area contributed by atoms with E-state index >= 15 is 0 Å². The molecule has 0 aliphatic carbocycles. The highest BCUT2D eigenvalue weighted by atomic mass is 16.2. The van der Waals surface area contributed by atoms with E-state index in [2.05, 4.69) is 24.3 Å². The van der Waals surface area contributed by atoms with Crippen LogP contribution in [0.4, 0.5) is 0 Å². The number of nitrogens with one attached hydrogen (secondary N) is 1. The van der Waals surface area contributed by atoms with Gasteiger partial charge in [0.25, 0.3) is 11.5 Å². The van der Waals surface area contributed by atoms with E-state index in [0.717, 1.165) is 17.5 Å². The Labute approximate surface area is 101 Å².